The monoisotopic (exact) mass is 400 g/mol. The highest BCUT2D eigenvalue weighted by Gasteiger charge is 2.23. The van der Waals surface area contributed by atoms with Gasteiger partial charge in [-0.25, -0.2) is 14.2 Å². The van der Waals surface area contributed by atoms with E-state index in [1.54, 1.807) is 24.0 Å². The van der Waals surface area contributed by atoms with Crippen LogP contribution in [-0.4, -0.2) is 42.7 Å². The summed E-state index contributed by atoms with van der Waals surface area (Å²) >= 11 is 3.31. The lowest BCUT2D eigenvalue weighted by Gasteiger charge is -2.31. The first-order chi connectivity index (χ1) is 11.5. The smallest absolute Gasteiger partial charge is 0.409 e. The van der Waals surface area contributed by atoms with Gasteiger partial charge in [0.05, 0.1) is 13.2 Å². The molecule has 132 valence electrons. The molecule has 0 aromatic heterocycles. The first kappa shape index (κ1) is 18.5. The van der Waals surface area contributed by atoms with E-state index >= 15 is 0 Å². The summed E-state index contributed by atoms with van der Waals surface area (Å²) in [5.41, 5.74) is 6.36. The third kappa shape index (κ3) is 5.36. The molecule has 0 radical (unpaired) electrons. The van der Waals surface area contributed by atoms with Gasteiger partial charge in [0.25, 0.3) is 0 Å². The van der Waals surface area contributed by atoms with Gasteiger partial charge >= 0.3 is 6.09 Å². The van der Waals surface area contributed by atoms with Crippen LogP contribution in [0.15, 0.2) is 27.7 Å². The number of hydrogen-bond acceptors (Lipinski definition) is 3. The topological polar surface area (TPSA) is 80.0 Å². The fraction of sp³-hybridized carbons (Fsp3) is 0.500. The van der Waals surface area contributed by atoms with Gasteiger partial charge in [-0.1, -0.05) is 15.9 Å². The van der Waals surface area contributed by atoms with Gasteiger partial charge in [0.15, 0.2) is 5.96 Å². The lowest BCUT2D eigenvalue weighted by Crippen LogP contribution is -2.48. The second kappa shape index (κ2) is 8.86. The summed E-state index contributed by atoms with van der Waals surface area (Å²) in [6, 6.07) is 4.86. The van der Waals surface area contributed by atoms with Crippen molar-refractivity contribution in [3.63, 3.8) is 0 Å². The maximum Gasteiger partial charge on any atom is 0.409 e. The van der Waals surface area contributed by atoms with Crippen molar-refractivity contribution in [3.8, 4) is 0 Å². The zero-order chi connectivity index (χ0) is 17.5. The molecule has 0 atom stereocenters. The Kier molecular flexibility index (Phi) is 6.84. The molecule has 6 nitrogen and oxygen atoms in total. The second-order valence-electron chi connectivity index (χ2n) is 5.54. The Hall–Kier alpha value is -1.83. The van der Waals surface area contributed by atoms with Crippen LogP contribution in [0.5, 0.6) is 0 Å². The molecule has 1 fully saturated rings. The molecule has 1 heterocycles. The zero-order valence-electron chi connectivity index (χ0n) is 13.6. The fourth-order valence-electron chi connectivity index (χ4n) is 2.51. The molecule has 24 heavy (non-hydrogen) atoms. The summed E-state index contributed by atoms with van der Waals surface area (Å²) < 4.78 is 19.4. The Balaban J connectivity index is 1.81. The summed E-state index contributed by atoms with van der Waals surface area (Å²) in [5, 5.41) is 3.13. The van der Waals surface area contributed by atoms with Gasteiger partial charge in [0.1, 0.15) is 5.82 Å². The van der Waals surface area contributed by atoms with Crippen LogP contribution in [0.1, 0.15) is 25.3 Å². The molecule has 8 heteroatoms. The van der Waals surface area contributed by atoms with Gasteiger partial charge in [-0.3, -0.25) is 0 Å². The largest absolute Gasteiger partial charge is 0.450 e. The molecule has 1 aliphatic heterocycles. The van der Waals surface area contributed by atoms with E-state index in [2.05, 4.69) is 26.2 Å². The van der Waals surface area contributed by atoms with Crippen LogP contribution in [0.25, 0.3) is 0 Å². The molecule has 1 aliphatic rings. The summed E-state index contributed by atoms with van der Waals surface area (Å²) in [5.74, 6) is -0.0264. The third-order valence-corrected chi connectivity index (χ3v) is 4.29. The summed E-state index contributed by atoms with van der Waals surface area (Å²) in [6.07, 6.45) is 1.25. The lowest BCUT2D eigenvalue weighted by atomic mass is 10.1. The molecule has 0 saturated carbocycles. The molecule has 1 aromatic carbocycles. The van der Waals surface area contributed by atoms with Gasteiger partial charge in [0, 0.05) is 29.2 Å². The van der Waals surface area contributed by atoms with Crippen LogP contribution < -0.4 is 11.1 Å². The molecular weight excluding hydrogens is 379 g/mol. The molecule has 1 amide bonds. The van der Waals surface area contributed by atoms with E-state index in [-0.39, 0.29) is 30.5 Å². The Morgan fingerprint density at radius 1 is 1.50 bits per heavy atom. The first-order valence-electron chi connectivity index (χ1n) is 7.91. The van der Waals surface area contributed by atoms with Crippen LogP contribution in [0.2, 0.25) is 0 Å². The number of ether oxygens (including phenoxy) is 1. The molecule has 0 spiro atoms. The van der Waals surface area contributed by atoms with Crippen LogP contribution in [-0.2, 0) is 11.3 Å². The molecule has 0 bridgehead atoms. The number of benzene rings is 1. The van der Waals surface area contributed by atoms with Gasteiger partial charge < -0.3 is 20.7 Å². The average Bonchev–Trinajstić information content (AvgIpc) is 2.56. The van der Waals surface area contributed by atoms with E-state index in [4.69, 9.17) is 10.5 Å². The molecule has 0 unspecified atom stereocenters. The maximum atomic E-state index is 13.7. The number of nitrogens with zero attached hydrogens (tertiary/aromatic N) is 2. The van der Waals surface area contributed by atoms with Crippen molar-refractivity contribution in [1.29, 1.82) is 0 Å². The fourth-order valence-corrected chi connectivity index (χ4v) is 2.92. The Morgan fingerprint density at radius 3 is 2.88 bits per heavy atom. The minimum atomic E-state index is -0.308. The predicted octanol–water partition coefficient (Wildman–Crippen LogP) is 2.61. The quantitative estimate of drug-likeness (QED) is 0.601. The summed E-state index contributed by atoms with van der Waals surface area (Å²) in [4.78, 5) is 17.5. The number of hydrogen-bond donors (Lipinski definition) is 2. The molecular formula is C16H22BrFN4O2. The number of halogens is 2. The Morgan fingerprint density at radius 2 is 2.21 bits per heavy atom. The van der Waals surface area contributed by atoms with Gasteiger partial charge in [0.2, 0.25) is 0 Å². The molecule has 0 aliphatic carbocycles. The van der Waals surface area contributed by atoms with Crippen LogP contribution in [0.3, 0.4) is 0 Å². The van der Waals surface area contributed by atoms with Crippen LogP contribution >= 0.6 is 15.9 Å². The Bertz CT molecular complexity index is 604. The van der Waals surface area contributed by atoms with Crippen molar-refractivity contribution in [2.45, 2.75) is 32.4 Å². The number of rotatable bonds is 4. The number of carbonyl (C=O) groups is 1. The molecule has 3 N–H and O–H groups in total. The highest BCUT2D eigenvalue weighted by Crippen LogP contribution is 2.16. The minimum Gasteiger partial charge on any atom is -0.450 e. The van der Waals surface area contributed by atoms with E-state index in [1.807, 2.05) is 0 Å². The summed E-state index contributed by atoms with van der Waals surface area (Å²) in [7, 11) is 0. The number of piperidine rings is 1. The lowest BCUT2D eigenvalue weighted by molar-refractivity contribution is 0.0963. The van der Waals surface area contributed by atoms with E-state index < -0.39 is 0 Å². The van der Waals surface area contributed by atoms with Crippen LogP contribution in [0, 0.1) is 5.82 Å². The van der Waals surface area contributed by atoms with Crippen molar-refractivity contribution in [1.82, 2.24) is 10.2 Å². The van der Waals surface area contributed by atoms with Crippen LogP contribution in [0.4, 0.5) is 9.18 Å². The Labute approximate surface area is 149 Å². The van der Waals surface area contributed by atoms with Crippen molar-refractivity contribution < 1.29 is 13.9 Å². The van der Waals surface area contributed by atoms with Crippen molar-refractivity contribution >= 4 is 28.0 Å². The number of amides is 1. The van der Waals surface area contributed by atoms with E-state index in [0.29, 0.717) is 25.3 Å². The average molecular weight is 401 g/mol. The molecule has 2 rings (SSSR count). The number of guanidine groups is 1. The number of nitrogens with two attached hydrogens (primary N) is 1. The second-order valence-corrected chi connectivity index (χ2v) is 6.46. The first-order valence-corrected chi connectivity index (χ1v) is 8.71. The third-order valence-electron chi connectivity index (χ3n) is 3.80. The summed E-state index contributed by atoms with van der Waals surface area (Å²) in [6.45, 7) is 3.57. The van der Waals surface area contributed by atoms with Crippen molar-refractivity contribution in [2.75, 3.05) is 19.7 Å². The van der Waals surface area contributed by atoms with E-state index in [9.17, 15) is 9.18 Å². The number of carbonyl (C=O) groups excluding carboxylic acids is 1. The van der Waals surface area contributed by atoms with Crippen molar-refractivity contribution in [3.05, 3.63) is 34.1 Å². The highest BCUT2D eigenvalue weighted by atomic mass is 79.9. The van der Waals surface area contributed by atoms with Gasteiger partial charge in [-0.15, -0.1) is 0 Å². The zero-order valence-corrected chi connectivity index (χ0v) is 15.2. The number of aliphatic imine (C=N–C) groups is 1. The molecule has 1 saturated heterocycles. The number of nitrogens with one attached hydrogen (secondary N) is 1. The van der Waals surface area contributed by atoms with E-state index in [1.165, 1.54) is 6.07 Å². The SMILES string of the molecule is CCOC(=O)N1CCC(NC(N)=NCc2cc(Br)ccc2F)CC1. The van der Waals surface area contributed by atoms with E-state index in [0.717, 1.165) is 17.3 Å². The standard InChI is InChI=1S/C16H22BrFN4O2/c1-2-24-16(23)22-7-5-13(6-8-22)21-15(19)20-10-11-9-12(17)3-4-14(11)18/h3-4,9,13H,2,5-8,10H2,1H3,(H3,19,20,21). The van der Waals surface area contributed by atoms with Crippen molar-refractivity contribution in [2.24, 2.45) is 10.7 Å². The minimum absolute atomic E-state index is 0.145. The normalized spacial score (nSPS) is 16.1. The van der Waals surface area contributed by atoms with Gasteiger partial charge in [-0.05, 0) is 38.0 Å². The predicted molar refractivity (Wildman–Crippen MR) is 94.2 cm³/mol. The maximum absolute atomic E-state index is 13.7. The molecule has 1 aromatic rings. The van der Waals surface area contributed by atoms with Gasteiger partial charge in [-0.2, -0.15) is 0 Å². The highest BCUT2D eigenvalue weighted by molar-refractivity contribution is 9.10. The number of likely N-dealkylation sites (tertiary alicyclic amines) is 1.